The van der Waals surface area contributed by atoms with Crippen molar-refractivity contribution >= 4 is 0 Å². The zero-order valence-corrected chi connectivity index (χ0v) is 14.9. The summed E-state index contributed by atoms with van der Waals surface area (Å²) >= 11 is 0. The van der Waals surface area contributed by atoms with Crippen molar-refractivity contribution in [3.63, 3.8) is 0 Å². The highest BCUT2D eigenvalue weighted by molar-refractivity contribution is 5.69. The van der Waals surface area contributed by atoms with Crippen molar-refractivity contribution in [1.82, 2.24) is 9.55 Å². The van der Waals surface area contributed by atoms with Crippen LogP contribution in [0.25, 0.3) is 11.1 Å². The number of hydrogen-bond donors (Lipinski definition) is 2. The van der Waals surface area contributed by atoms with Crippen molar-refractivity contribution in [3.05, 3.63) is 46.6 Å². The molecule has 1 aliphatic heterocycles. The fraction of sp³-hybridized carbons (Fsp3) is 0.444. The van der Waals surface area contributed by atoms with E-state index in [0.717, 1.165) is 22.9 Å². The van der Waals surface area contributed by atoms with Gasteiger partial charge in [0.1, 0.15) is 11.4 Å². The van der Waals surface area contributed by atoms with Crippen LogP contribution < -0.4 is 5.56 Å². The van der Waals surface area contributed by atoms with Crippen molar-refractivity contribution < 1.29 is 32.9 Å². The zero-order chi connectivity index (χ0) is 20.5. The Labute approximate surface area is 158 Å². The summed E-state index contributed by atoms with van der Waals surface area (Å²) in [5.74, 6) is -0.696. The van der Waals surface area contributed by atoms with E-state index in [-0.39, 0.29) is 37.4 Å². The molecule has 10 heteroatoms. The van der Waals surface area contributed by atoms with Gasteiger partial charge in [-0.05, 0) is 18.2 Å². The molecule has 0 saturated carbocycles. The fourth-order valence-corrected chi connectivity index (χ4v) is 3.29. The molecule has 1 aliphatic rings. The van der Waals surface area contributed by atoms with Gasteiger partial charge in [-0.25, -0.2) is 4.98 Å². The van der Waals surface area contributed by atoms with Crippen molar-refractivity contribution in [3.8, 4) is 16.9 Å². The Balaban J connectivity index is 2.06. The number of aliphatic hydroxyl groups is 1. The molecule has 152 valence electrons. The Morgan fingerprint density at radius 1 is 1.39 bits per heavy atom. The lowest BCUT2D eigenvalue weighted by molar-refractivity contribution is -0.137. The van der Waals surface area contributed by atoms with Gasteiger partial charge in [-0.15, -0.1) is 0 Å². The molecule has 1 aromatic heterocycles. The first-order valence-electron chi connectivity index (χ1n) is 8.43. The third-order valence-corrected chi connectivity index (χ3v) is 4.78. The summed E-state index contributed by atoms with van der Waals surface area (Å²) in [6.07, 6.45) is -2.03. The molecule has 0 spiro atoms. The highest BCUT2D eigenvalue weighted by atomic mass is 19.4. The lowest BCUT2D eigenvalue weighted by Gasteiger charge is -2.39. The molecule has 0 aliphatic carbocycles. The largest absolute Gasteiger partial charge is 0.507 e. The Morgan fingerprint density at radius 3 is 2.79 bits per heavy atom. The zero-order valence-electron chi connectivity index (χ0n) is 14.9. The minimum Gasteiger partial charge on any atom is -0.507 e. The van der Waals surface area contributed by atoms with E-state index in [1.54, 1.807) is 0 Å². The van der Waals surface area contributed by atoms with Gasteiger partial charge in [0.05, 0.1) is 36.7 Å². The number of alkyl halides is 3. The second-order valence-electron chi connectivity index (χ2n) is 6.63. The molecule has 7 nitrogen and oxygen atoms in total. The van der Waals surface area contributed by atoms with Crippen LogP contribution in [0, 0.1) is 0 Å². The van der Waals surface area contributed by atoms with Crippen LogP contribution in [0.3, 0.4) is 0 Å². The minimum absolute atomic E-state index is 0.0316. The number of hydrogen-bond acceptors (Lipinski definition) is 6. The van der Waals surface area contributed by atoms with Crippen LogP contribution >= 0.6 is 0 Å². The second kappa shape index (κ2) is 7.53. The number of nitrogens with zero attached hydrogens (tertiary/aromatic N) is 2. The van der Waals surface area contributed by atoms with Crippen LogP contribution in [0.4, 0.5) is 13.2 Å². The maximum Gasteiger partial charge on any atom is 0.416 e. The van der Waals surface area contributed by atoms with Gasteiger partial charge in [0.15, 0.2) is 0 Å². The van der Waals surface area contributed by atoms with Crippen molar-refractivity contribution in [2.45, 2.75) is 24.2 Å². The van der Waals surface area contributed by atoms with E-state index in [4.69, 9.17) is 9.47 Å². The van der Waals surface area contributed by atoms with Crippen LogP contribution in [0.1, 0.15) is 18.0 Å². The maximum atomic E-state index is 13.0. The summed E-state index contributed by atoms with van der Waals surface area (Å²) in [5, 5.41) is 20.9. The predicted molar refractivity (Wildman–Crippen MR) is 91.9 cm³/mol. The SMILES string of the molecule is COCC1(O)CCOCC1n1cncc(-c2ccc(C(F)(F)F)cc2O)c1=O. The molecular formula is C18H19F3N2O5. The molecule has 28 heavy (non-hydrogen) atoms. The van der Waals surface area contributed by atoms with Gasteiger partial charge in [-0.1, -0.05) is 0 Å². The van der Waals surface area contributed by atoms with Gasteiger partial charge in [0.2, 0.25) is 0 Å². The number of aromatic nitrogens is 2. The Bertz CT molecular complexity index is 911. The first kappa shape index (κ1) is 20.3. The number of rotatable bonds is 4. The average Bonchev–Trinajstić information content (AvgIpc) is 2.62. The Hall–Kier alpha value is -2.43. The standard InChI is InChI=1S/C18H19F3N2O5/c1-27-9-17(26)4-5-28-8-15(17)23-10-22-7-13(16(23)25)12-3-2-11(6-14(12)24)18(19,20)21/h2-3,6-7,10,15,24,26H,4-5,8-9H2,1H3. The lowest BCUT2D eigenvalue weighted by Crippen LogP contribution is -2.52. The van der Waals surface area contributed by atoms with E-state index in [1.165, 1.54) is 13.4 Å². The lowest BCUT2D eigenvalue weighted by atomic mass is 9.89. The molecule has 3 rings (SSSR count). The van der Waals surface area contributed by atoms with Crippen LogP contribution in [-0.2, 0) is 15.7 Å². The molecular weight excluding hydrogens is 381 g/mol. The molecule has 2 heterocycles. The van der Waals surface area contributed by atoms with E-state index in [9.17, 15) is 28.2 Å². The summed E-state index contributed by atoms with van der Waals surface area (Å²) in [6.45, 7) is 0.283. The van der Waals surface area contributed by atoms with Crippen LogP contribution in [0.15, 0.2) is 35.5 Å². The highest BCUT2D eigenvalue weighted by Crippen LogP contribution is 2.36. The molecule has 2 atom stereocenters. The topological polar surface area (TPSA) is 93.8 Å². The monoisotopic (exact) mass is 400 g/mol. The fourth-order valence-electron chi connectivity index (χ4n) is 3.29. The third-order valence-electron chi connectivity index (χ3n) is 4.78. The van der Waals surface area contributed by atoms with Gasteiger partial charge in [-0.3, -0.25) is 9.36 Å². The van der Waals surface area contributed by atoms with Crippen LogP contribution in [-0.4, -0.2) is 52.3 Å². The van der Waals surface area contributed by atoms with Crippen molar-refractivity contribution in [2.75, 3.05) is 26.9 Å². The summed E-state index contributed by atoms with van der Waals surface area (Å²) in [4.78, 5) is 16.9. The van der Waals surface area contributed by atoms with E-state index < -0.39 is 34.7 Å². The van der Waals surface area contributed by atoms with Gasteiger partial charge in [0, 0.05) is 31.9 Å². The summed E-state index contributed by atoms with van der Waals surface area (Å²) in [5.41, 5.74) is -3.23. The molecule has 1 aromatic carbocycles. The average molecular weight is 400 g/mol. The smallest absolute Gasteiger partial charge is 0.416 e. The molecule has 0 radical (unpaired) electrons. The molecule has 0 amide bonds. The van der Waals surface area contributed by atoms with Crippen LogP contribution in [0.2, 0.25) is 0 Å². The molecule has 0 bridgehead atoms. The number of methoxy groups -OCH3 is 1. The normalized spacial score (nSPS) is 23.0. The third kappa shape index (κ3) is 3.75. The van der Waals surface area contributed by atoms with E-state index >= 15 is 0 Å². The first-order valence-corrected chi connectivity index (χ1v) is 8.43. The quantitative estimate of drug-likeness (QED) is 0.815. The predicted octanol–water partition coefficient (Wildman–Crippen LogP) is 1.97. The summed E-state index contributed by atoms with van der Waals surface area (Å²) in [7, 11) is 1.42. The van der Waals surface area contributed by atoms with E-state index in [0.29, 0.717) is 6.07 Å². The number of benzene rings is 1. The number of aromatic hydroxyl groups is 1. The van der Waals surface area contributed by atoms with Crippen molar-refractivity contribution in [2.24, 2.45) is 0 Å². The molecule has 2 N–H and O–H groups in total. The minimum atomic E-state index is -4.62. The number of halogens is 3. The Kier molecular flexibility index (Phi) is 5.46. The van der Waals surface area contributed by atoms with Gasteiger partial charge in [-0.2, -0.15) is 13.2 Å². The number of phenolic OH excluding ortho intramolecular Hbond substituents is 1. The molecule has 2 aromatic rings. The maximum absolute atomic E-state index is 13.0. The molecule has 2 unspecified atom stereocenters. The Morgan fingerprint density at radius 2 is 2.14 bits per heavy atom. The molecule has 1 fully saturated rings. The second-order valence-corrected chi connectivity index (χ2v) is 6.63. The highest BCUT2D eigenvalue weighted by Gasteiger charge is 2.42. The first-order chi connectivity index (χ1) is 13.2. The number of ether oxygens (including phenoxy) is 2. The van der Waals surface area contributed by atoms with E-state index in [1.807, 2.05) is 0 Å². The molecule has 1 saturated heterocycles. The van der Waals surface area contributed by atoms with Crippen molar-refractivity contribution in [1.29, 1.82) is 0 Å². The van der Waals surface area contributed by atoms with Gasteiger partial charge < -0.3 is 19.7 Å². The van der Waals surface area contributed by atoms with Gasteiger partial charge >= 0.3 is 6.18 Å². The summed E-state index contributed by atoms with van der Waals surface area (Å²) in [6, 6.07) is 1.53. The van der Waals surface area contributed by atoms with Gasteiger partial charge in [0.25, 0.3) is 5.56 Å². The number of phenols is 1. The summed E-state index contributed by atoms with van der Waals surface area (Å²) < 4.78 is 50.0. The van der Waals surface area contributed by atoms with Crippen LogP contribution in [0.5, 0.6) is 5.75 Å². The van der Waals surface area contributed by atoms with E-state index in [2.05, 4.69) is 4.98 Å².